The van der Waals surface area contributed by atoms with Crippen molar-refractivity contribution < 1.29 is 4.74 Å². The minimum Gasteiger partial charge on any atom is -0.379 e. The van der Waals surface area contributed by atoms with Crippen LogP contribution in [0.2, 0.25) is 0 Å². The van der Waals surface area contributed by atoms with Gasteiger partial charge >= 0.3 is 0 Å². The molecule has 0 radical (unpaired) electrons. The van der Waals surface area contributed by atoms with Crippen molar-refractivity contribution in [2.24, 2.45) is 11.5 Å². The lowest BCUT2D eigenvalue weighted by atomic mass is 10.3. The highest BCUT2D eigenvalue weighted by atomic mass is 16.5. The van der Waals surface area contributed by atoms with E-state index in [2.05, 4.69) is 4.90 Å². The summed E-state index contributed by atoms with van der Waals surface area (Å²) in [4.78, 5) is 2.29. The molecule has 0 saturated carbocycles. The number of rotatable bonds is 3. The van der Waals surface area contributed by atoms with Crippen molar-refractivity contribution in [1.82, 2.24) is 4.90 Å². The molecule has 1 fully saturated rings. The highest BCUT2D eigenvalue weighted by Crippen LogP contribution is 1.96. The number of hydrogen-bond acceptors (Lipinski definition) is 4. The topological polar surface area (TPSA) is 64.5 Å². The van der Waals surface area contributed by atoms with Crippen LogP contribution in [0, 0.1) is 0 Å². The summed E-state index contributed by atoms with van der Waals surface area (Å²) in [6.45, 7) is 5.12. The zero-order valence-electron chi connectivity index (χ0n) is 6.83. The van der Waals surface area contributed by atoms with Gasteiger partial charge in [-0.05, 0) is 0 Å². The molecule has 1 saturated heterocycles. The minimum absolute atomic E-state index is 0.119. The maximum Gasteiger partial charge on any atom is 0.0594 e. The Morgan fingerprint density at radius 3 is 2.55 bits per heavy atom. The molecule has 1 aliphatic heterocycles. The van der Waals surface area contributed by atoms with Crippen LogP contribution in [0.1, 0.15) is 0 Å². The first kappa shape index (κ1) is 8.93. The molecular weight excluding hydrogens is 142 g/mol. The third kappa shape index (κ3) is 3.16. The van der Waals surface area contributed by atoms with Crippen molar-refractivity contribution in [2.45, 2.75) is 6.04 Å². The lowest BCUT2D eigenvalue weighted by Crippen LogP contribution is -2.46. The van der Waals surface area contributed by atoms with Gasteiger partial charge in [0.05, 0.1) is 13.2 Å². The number of hydrogen-bond donors (Lipinski definition) is 2. The predicted molar refractivity (Wildman–Crippen MR) is 44.3 cm³/mol. The van der Waals surface area contributed by atoms with Gasteiger partial charge in [-0.1, -0.05) is 0 Å². The standard InChI is InChI=1S/C7H17N3O/c8-5-7(9)6-10-1-3-11-4-2-10/h7H,1-6,8-9H2/t7-/m1/s1. The molecule has 0 spiro atoms. The largest absolute Gasteiger partial charge is 0.379 e. The van der Waals surface area contributed by atoms with Crippen molar-refractivity contribution in [3.8, 4) is 0 Å². The monoisotopic (exact) mass is 159 g/mol. The summed E-state index contributed by atoms with van der Waals surface area (Å²) in [6.07, 6.45) is 0. The zero-order chi connectivity index (χ0) is 8.10. The summed E-state index contributed by atoms with van der Waals surface area (Å²) >= 11 is 0. The van der Waals surface area contributed by atoms with Gasteiger partial charge in [-0.15, -0.1) is 0 Å². The van der Waals surface area contributed by atoms with E-state index in [1.165, 1.54) is 0 Å². The van der Waals surface area contributed by atoms with Crippen molar-refractivity contribution in [3.05, 3.63) is 0 Å². The first-order valence-corrected chi connectivity index (χ1v) is 4.08. The second-order valence-corrected chi connectivity index (χ2v) is 2.91. The summed E-state index contributed by atoms with van der Waals surface area (Å²) < 4.78 is 5.20. The molecule has 1 atom stereocenters. The molecule has 0 aromatic carbocycles. The van der Waals surface area contributed by atoms with Crippen LogP contribution >= 0.6 is 0 Å². The maximum absolute atomic E-state index is 5.70. The molecule has 4 heteroatoms. The fourth-order valence-electron chi connectivity index (χ4n) is 1.19. The minimum atomic E-state index is 0.119. The lowest BCUT2D eigenvalue weighted by molar-refractivity contribution is 0.0357. The van der Waals surface area contributed by atoms with Crippen molar-refractivity contribution in [2.75, 3.05) is 39.4 Å². The molecule has 0 bridgehead atoms. The van der Waals surface area contributed by atoms with Crippen LogP contribution in [0.25, 0.3) is 0 Å². The predicted octanol–water partition coefficient (Wildman–Crippen LogP) is -1.40. The molecule has 11 heavy (non-hydrogen) atoms. The molecule has 1 heterocycles. The third-order valence-corrected chi connectivity index (χ3v) is 1.90. The van der Waals surface area contributed by atoms with Crippen LogP contribution in [0.4, 0.5) is 0 Å². The molecule has 0 aromatic rings. The highest BCUT2D eigenvalue weighted by Gasteiger charge is 2.12. The average molecular weight is 159 g/mol. The normalized spacial score (nSPS) is 23.5. The Labute approximate surface area is 67.5 Å². The van der Waals surface area contributed by atoms with Gasteiger partial charge < -0.3 is 16.2 Å². The molecule has 1 rings (SSSR count). The second-order valence-electron chi connectivity index (χ2n) is 2.91. The van der Waals surface area contributed by atoms with Crippen molar-refractivity contribution >= 4 is 0 Å². The fraction of sp³-hybridized carbons (Fsp3) is 1.00. The molecular formula is C7H17N3O. The van der Waals surface area contributed by atoms with E-state index >= 15 is 0 Å². The second kappa shape index (κ2) is 4.66. The summed E-state index contributed by atoms with van der Waals surface area (Å²) in [6, 6.07) is 0.119. The number of nitrogens with two attached hydrogens (primary N) is 2. The smallest absolute Gasteiger partial charge is 0.0594 e. The van der Waals surface area contributed by atoms with Gasteiger partial charge in [0.25, 0.3) is 0 Å². The Morgan fingerprint density at radius 1 is 1.36 bits per heavy atom. The van der Waals surface area contributed by atoms with Gasteiger partial charge in [-0.25, -0.2) is 0 Å². The SMILES string of the molecule is NC[C@@H](N)CN1CCOCC1. The summed E-state index contributed by atoms with van der Waals surface area (Å²) in [7, 11) is 0. The van der Waals surface area contributed by atoms with Crippen molar-refractivity contribution in [1.29, 1.82) is 0 Å². The van der Waals surface area contributed by atoms with E-state index in [-0.39, 0.29) is 6.04 Å². The highest BCUT2D eigenvalue weighted by molar-refractivity contribution is 4.70. The Balaban J connectivity index is 2.13. The van der Waals surface area contributed by atoms with Crippen LogP contribution in [0.3, 0.4) is 0 Å². The molecule has 0 aliphatic carbocycles. The Bertz CT molecular complexity index is 104. The van der Waals surface area contributed by atoms with Crippen LogP contribution in [-0.2, 0) is 4.74 Å². The van der Waals surface area contributed by atoms with E-state index in [1.54, 1.807) is 0 Å². The first-order valence-electron chi connectivity index (χ1n) is 4.08. The fourth-order valence-corrected chi connectivity index (χ4v) is 1.19. The van der Waals surface area contributed by atoms with Gasteiger partial charge in [0, 0.05) is 32.2 Å². The molecule has 4 N–H and O–H groups in total. The van der Waals surface area contributed by atoms with E-state index in [4.69, 9.17) is 16.2 Å². The Hall–Kier alpha value is -0.160. The van der Waals surface area contributed by atoms with Gasteiger partial charge in [0.1, 0.15) is 0 Å². The molecule has 66 valence electrons. The molecule has 0 unspecified atom stereocenters. The Kier molecular flexibility index (Phi) is 3.79. The van der Waals surface area contributed by atoms with Gasteiger partial charge in [-0.3, -0.25) is 4.90 Å². The van der Waals surface area contributed by atoms with Crippen LogP contribution in [0.15, 0.2) is 0 Å². The summed E-state index contributed by atoms with van der Waals surface area (Å²) in [5.41, 5.74) is 11.1. The van der Waals surface area contributed by atoms with Crippen LogP contribution in [0.5, 0.6) is 0 Å². The van der Waals surface area contributed by atoms with E-state index in [0.29, 0.717) is 6.54 Å². The lowest BCUT2D eigenvalue weighted by Gasteiger charge is -2.28. The van der Waals surface area contributed by atoms with Gasteiger partial charge in [0.15, 0.2) is 0 Å². The van der Waals surface area contributed by atoms with Crippen LogP contribution in [-0.4, -0.2) is 50.3 Å². The first-order chi connectivity index (χ1) is 5.33. The molecule has 4 nitrogen and oxygen atoms in total. The van der Waals surface area contributed by atoms with Gasteiger partial charge in [-0.2, -0.15) is 0 Å². The third-order valence-electron chi connectivity index (χ3n) is 1.90. The summed E-state index contributed by atoms with van der Waals surface area (Å²) in [5, 5.41) is 0. The van der Waals surface area contributed by atoms with E-state index in [9.17, 15) is 0 Å². The average Bonchev–Trinajstić information content (AvgIpc) is 2.06. The zero-order valence-corrected chi connectivity index (χ0v) is 6.83. The van der Waals surface area contributed by atoms with Crippen molar-refractivity contribution in [3.63, 3.8) is 0 Å². The van der Waals surface area contributed by atoms with Crippen LogP contribution < -0.4 is 11.5 Å². The van der Waals surface area contributed by atoms with Gasteiger partial charge in [0.2, 0.25) is 0 Å². The molecule has 0 amide bonds. The number of nitrogens with zero attached hydrogens (tertiary/aromatic N) is 1. The van der Waals surface area contributed by atoms with E-state index in [0.717, 1.165) is 32.8 Å². The summed E-state index contributed by atoms with van der Waals surface area (Å²) in [5.74, 6) is 0. The number of ether oxygens (including phenoxy) is 1. The number of morpholine rings is 1. The quantitative estimate of drug-likeness (QED) is 0.532. The Morgan fingerprint density at radius 2 is 2.00 bits per heavy atom. The molecule has 1 aliphatic rings. The molecule has 0 aromatic heterocycles. The maximum atomic E-state index is 5.70. The van der Waals surface area contributed by atoms with E-state index in [1.807, 2.05) is 0 Å². The van der Waals surface area contributed by atoms with E-state index < -0.39 is 0 Å².